The molecule has 0 radical (unpaired) electrons. The Morgan fingerprint density at radius 2 is 1.75 bits per heavy atom. The molecule has 3 aromatic rings. The third-order valence-corrected chi connectivity index (χ3v) is 2.23. The van der Waals surface area contributed by atoms with Gasteiger partial charge in [-0.15, -0.1) is 0 Å². The smallest absolute Gasteiger partial charge is 0.0487 e. The highest BCUT2D eigenvalue weighted by Crippen LogP contribution is 2.19. The van der Waals surface area contributed by atoms with Crippen molar-refractivity contribution in [1.82, 2.24) is 10.2 Å². The fraction of sp³-hybridized carbons (Fsp3) is 0. The summed E-state index contributed by atoms with van der Waals surface area (Å²) < 4.78 is 0. The van der Waals surface area contributed by atoms with Crippen LogP contribution < -0.4 is 5.73 Å². The lowest BCUT2D eigenvalue weighted by Crippen LogP contribution is -1.84. The quantitative estimate of drug-likeness (QED) is 0.562. The molecule has 0 saturated carbocycles. The van der Waals surface area contributed by atoms with Gasteiger partial charge in [0.2, 0.25) is 0 Å². The number of anilines is 1. The molecular weight excluding hydrogens is 198 g/mol. The number of aromatic nitrogens is 2. The van der Waals surface area contributed by atoms with Gasteiger partial charge < -0.3 is 5.73 Å². The van der Waals surface area contributed by atoms with E-state index in [2.05, 4.69) is 22.3 Å². The van der Waals surface area contributed by atoms with Crippen molar-refractivity contribution in [3.05, 3.63) is 60.9 Å². The molecular formula is C13H13N3. The second-order valence-corrected chi connectivity index (χ2v) is 3.33. The monoisotopic (exact) mass is 211 g/mol. The van der Waals surface area contributed by atoms with E-state index in [1.165, 1.54) is 5.39 Å². The standard InChI is InChI=1S/C10H9N.C3H4N2/c11-10-7-3-5-8-4-1-2-6-9(8)10;1-2-4-5-3-1/h1-7H,11H2;1-3H,(H,4,5). The first kappa shape index (κ1) is 10.2. The summed E-state index contributed by atoms with van der Waals surface area (Å²) in [5.74, 6) is 0. The molecule has 3 N–H and O–H groups in total. The van der Waals surface area contributed by atoms with Crippen LogP contribution in [0.4, 0.5) is 5.69 Å². The number of nitrogens with one attached hydrogen (secondary N) is 1. The third kappa shape index (κ3) is 2.39. The Bertz CT molecular complexity index is 521. The molecule has 3 rings (SSSR count). The van der Waals surface area contributed by atoms with Crippen LogP contribution >= 0.6 is 0 Å². The Morgan fingerprint density at radius 1 is 0.938 bits per heavy atom. The number of rotatable bonds is 0. The van der Waals surface area contributed by atoms with E-state index in [9.17, 15) is 0 Å². The number of H-pyrrole nitrogens is 1. The van der Waals surface area contributed by atoms with Gasteiger partial charge in [-0.2, -0.15) is 5.10 Å². The predicted octanol–water partition coefficient (Wildman–Crippen LogP) is 2.83. The van der Waals surface area contributed by atoms with Gasteiger partial charge in [-0.05, 0) is 17.5 Å². The molecule has 1 heterocycles. The van der Waals surface area contributed by atoms with Crippen molar-refractivity contribution in [3.8, 4) is 0 Å². The molecule has 0 aliphatic heterocycles. The van der Waals surface area contributed by atoms with E-state index in [1.54, 1.807) is 12.4 Å². The molecule has 0 bridgehead atoms. The van der Waals surface area contributed by atoms with Gasteiger partial charge in [0.1, 0.15) is 0 Å². The molecule has 0 amide bonds. The molecule has 0 fully saturated rings. The summed E-state index contributed by atoms with van der Waals surface area (Å²) in [6.07, 6.45) is 3.46. The third-order valence-electron chi connectivity index (χ3n) is 2.23. The first-order chi connectivity index (χ1) is 7.88. The minimum Gasteiger partial charge on any atom is -0.398 e. The van der Waals surface area contributed by atoms with Crippen molar-refractivity contribution >= 4 is 16.5 Å². The minimum absolute atomic E-state index is 0.850. The number of fused-ring (bicyclic) bond motifs is 1. The number of nitrogens with two attached hydrogens (primary N) is 1. The molecule has 1 aromatic heterocycles. The van der Waals surface area contributed by atoms with Crippen LogP contribution in [-0.4, -0.2) is 10.2 Å². The van der Waals surface area contributed by atoms with Crippen molar-refractivity contribution in [1.29, 1.82) is 0 Å². The SMILES string of the molecule is Nc1cccc2ccccc12.c1cn[nH]c1. The fourth-order valence-electron chi connectivity index (χ4n) is 1.47. The maximum atomic E-state index is 5.76. The molecule has 80 valence electrons. The highest BCUT2D eigenvalue weighted by molar-refractivity contribution is 5.92. The Balaban J connectivity index is 0.000000162. The van der Waals surface area contributed by atoms with Crippen LogP contribution in [0.15, 0.2) is 60.9 Å². The van der Waals surface area contributed by atoms with Gasteiger partial charge >= 0.3 is 0 Å². The first-order valence-electron chi connectivity index (χ1n) is 5.05. The molecule has 0 saturated heterocycles. The van der Waals surface area contributed by atoms with E-state index in [0.717, 1.165) is 11.1 Å². The summed E-state index contributed by atoms with van der Waals surface area (Å²) in [6.45, 7) is 0. The topological polar surface area (TPSA) is 54.7 Å². The van der Waals surface area contributed by atoms with Crippen LogP contribution in [0.2, 0.25) is 0 Å². The van der Waals surface area contributed by atoms with Crippen LogP contribution in [0.3, 0.4) is 0 Å². The number of aromatic amines is 1. The van der Waals surface area contributed by atoms with Crippen molar-refractivity contribution in [2.24, 2.45) is 0 Å². The minimum atomic E-state index is 0.850. The van der Waals surface area contributed by atoms with Crippen LogP contribution in [-0.2, 0) is 0 Å². The van der Waals surface area contributed by atoms with E-state index in [-0.39, 0.29) is 0 Å². The predicted molar refractivity (Wildman–Crippen MR) is 66.9 cm³/mol. The van der Waals surface area contributed by atoms with Gasteiger partial charge in [0, 0.05) is 23.5 Å². The lowest BCUT2D eigenvalue weighted by Gasteiger charge is -1.98. The Labute approximate surface area is 93.9 Å². The Hall–Kier alpha value is -2.29. The summed E-state index contributed by atoms with van der Waals surface area (Å²) in [5.41, 5.74) is 6.61. The van der Waals surface area contributed by atoms with E-state index < -0.39 is 0 Å². The zero-order chi connectivity index (χ0) is 11.2. The average Bonchev–Trinajstić information content (AvgIpc) is 2.88. The van der Waals surface area contributed by atoms with Crippen molar-refractivity contribution in [2.45, 2.75) is 0 Å². The average molecular weight is 211 g/mol. The highest BCUT2D eigenvalue weighted by atomic mass is 15.1. The van der Waals surface area contributed by atoms with E-state index in [4.69, 9.17) is 5.73 Å². The molecule has 0 spiro atoms. The fourth-order valence-corrected chi connectivity index (χ4v) is 1.47. The summed E-state index contributed by atoms with van der Waals surface area (Å²) in [6, 6.07) is 15.9. The largest absolute Gasteiger partial charge is 0.398 e. The number of hydrogen-bond acceptors (Lipinski definition) is 2. The highest BCUT2D eigenvalue weighted by Gasteiger charge is 1.92. The lowest BCUT2D eigenvalue weighted by atomic mass is 10.1. The molecule has 0 aliphatic carbocycles. The molecule has 0 atom stereocenters. The van der Waals surface area contributed by atoms with Gasteiger partial charge in [0.15, 0.2) is 0 Å². The molecule has 3 heteroatoms. The van der Waals surface area contributed by atoms with Crippen LogP contribution in [0.1, 0.15) is 0 Å². The second-order valence-electron chi connectivity index (χ2n) is 3.33. The number of nitrogens with zero attached hydrogens (tertiary/aromatic N) is 1. The van der Waals surface area contributed by atoms with Gasteiger partial charge in [0.25, 0.3) is 0 Å². The van der Waals surface area contributed by atoms with Gasteiger partial charge in [-0.3, -0.25) is 5.10 Å². The Morgan fingerprint density at radius 3 is 2.38 bits per heavy atom. The second kappa shape index (κ2) is 4.98. The van der Waals surface area contributed by atoms with Crippen LogP contribution in [0, 0.1) is 0 Å². The van der Waals surface area contributed by atoms with Gasteiger partial charge in [-0.1, -0.05) is 36.4 Å². The summed E-state index contributed by atoms with van der Waals surface area (Å²) in [7, 11) is 0. The van der Waals surface area contributed by atoms with Gasteiger partial charge in [-0.25, -0.2) is 0 Å². The maximum Gasteiger partial charge on any atom is 0.0487 e. The number of benzene rings is 2. The molecule has 2 aromatic carbocycles. The lowest BCUT2D eigenvalue weighted by molar-refractivity contribution is 1.09. The molecule has 3 nitrogen and oxygen atoms in total. The summed E-state index contributed by atoms with van der Waals surface area (Å²) >= 11 is 0. The van der Waals surface area contributed by atoms with Crippen molar-refractivity contribution < 1.29 is 0 Å². The van der Waals surface area contributed by atoms with E-state index >= 15 is 0 Å². The zero-order valence-corrected chi connectivity index (χ0v) is 8.80. The summed E-state index contributed by atoms with van der Waals surface area (Å²) in [5, 5.41) is 8.54. The van der Waals surface area contributed by atoms with Crippen LogP contribution in [0.25, 0.3) is 10.8 Å². The zero-order valence-electron chi connectivity index (χ0n) is 8.80. The number of nitrogen functional groups attached to an aromatic ring is 1. The molecule has 0 aliphatic rings. The molecule has 16 heavy (non-hydrogen) atoms. The summed E-state index contributed by atoms with van der Waals surface area (Å²) in [4.78, 5) is 0. The van der Waals surface area contributed by atoms with E-state index in [0.29, 0.717) is 0 Å². The first-order valence-corrected chi connectivity index (χ1v) is 5.05. The van der Waals surface area contributed by atoms with Crippen molar-refractivity contribution in [2.75, 3.05) is 5.73 Å². The molecule has 0 unspecified atom stereocenters. The Kier molecular flexibility index (Phi) is 3.18. The number of hydrogen-bond donors (Lipinski definition) is 2. The van der Waals surface area contributed by atoms with Crippen molar-refractivity contribution in [3.63, 3.8) is 0 Å². The van der Waals surface area contributed by atoms with Crippen LogP contribution in [0.5, 0.6) is 0 Å². The normalized spacial score (nSPS) is 9.50. The maximum absolute atomic E-state index is 5.76. The van der Waals surface area contributed by atoms with Gasteiger partial charge in [0.05, 0.1) is 0 Å². The van der Waals surface area contributed by atoms with E-state index in [1.807, 2.05) is 36.4 Å².